The van der Waals surface area contributed by atoms with Gasteiger partial charge in [0, 0.05) is 36.5 Å². The number of nitrogens with zero attached hydrogens (tertiary/aromatic N) is 3. The molecule has 2 aromatic carbocycles. The van der Waals surface area contributed by atoms with Crippen molar-refractivity contribution in [3.8, 4) is 0 Å². The number of esters is 1. The highest BCUT2D eigenvalue weighted by Crippen LogP contribution is 2.51. The van der Waals surface area contributed by atoms with Crippen molar-refractivity contribution in [1.29, 1.82) is 0 Å². The zero-order valence-electron chi connectivity index (χ0n) is 20.7. The van der Waals surface area contributed by atoms with Crippen LogP contribution in [0.1, 0.15) is 61.0 Å². The number of hydrogen-bond acceptors (Lipinski definition) is 5. The van der Waals surface area contributed by atoms with Crippen LogP contribution < -0.4 is 0 Å². The Morgan fingerprint density at radius 2 is 1.84 bits per heavy atom. The highest BCUT2D eigenvalue weighted by Gasteiger charge is 2.50. The maximum Gasteiger partial charge on any atom is 0.337 e. The number of carbonyl (C=O) groups excluding carboxylic acids is 3. The summed E-state index contributed by atoms with van der Waals surface area (Å²) in [5, 5.41) is 8.34. The van der Waals surface area contributed by atoms with Crippen molar-refractivity contribution in [2.75, 3.05) is 20.7 Å². The molecule has 0 unspecified atom stereocenters. The number of carbonyl (C=O) groups is 3. The molecule has 0 atom stereocenters. The number of hydrogen-bond donors (Lipinski definition) is 2. The van der Waals surface area contributed by atoms with Crippen LogP contribution in [-0.4, -0.2) is 63.5 Å². The van der Waals surface area contributed by atoms with E-state index < -0.39 is 11.5 Å². The Morgan fingerprint density at radius 1 is 1.08 bits per heavy atom. The molecule has 4 aromatic rings. The molecule has 0 bridgehead atoms. The average Bonchev–Trinajstić information content (AvgIpc) is 3.45. The summed E-state index contributed by atoms with van der Waals surface area (Å²) in [5.41, 5.74) is 4.47. The zero-order valence-corrected chi connectivity index (χ0v) is 20.7. The van der Waals surface area contributed by atoms with Gasteiger partial charge in [0.2, 0.25) is 0 Å². The lowest BCUT2D eigenvalue weighted by molar-refractivity contribution is 0.0599. The predicted molar refractivity (Wildman–Crippen MR) is 136 cm³/mol. The summed E-state index contributed by atoms with van der Waals surface area (Å²) in [7, 11) is 3.15. The quantitative estimate of drug-likeness (QED) is 0.409. The maximum atomic E-state index is 13.7. The second-order valence-electron chi connectivity index (χ2n) is 9.74. The molecular weight excluding hydrogens is 470 g/mol. The largest absolute Gasteiger partial charge is 0.465 e. The Labute approximate surface area is 213 Å². The summed E-state index contributed by atoms with van der Waals surface area (Å²) in [6.45, 7) is 0.849. The van der Waals surface area contributed by atoms with Gasteiger partial charge in [0.25, 0.3) is 11.8 Å². The number of fused-ring (bicyclic) bond motifs is 2. The van der Waals surface area contributed by atoms with E-state index in [0.717, 1.165) is 40.6 Å². The summed E-state index contributed by atoms with van der Waals surface area (Å²) >= 11 is 0. The molecular formula is C28H27N5O4. The van der Waals surface area contributed by atoms with Crippen LogP contribution in [0.2, 0.25) is 0 Å². The van der Waals surface area contributed by atoms with E-state index in [4.69, 9.17) is 4.74 Å². The Bertz CT molecular complexity index is 1500. The molecule has 2 N–H and O–H groups in total. The number of methoxy groups -OCH3 is 1. The van der Waals surface area contributed by atoms with E-state index >= 15 is 0 Å². The molecule has 6 rings (SSSR count). The van der Waals surface area contributed by atoms with Gasteiger partial charge in [0.05, 0.1) is 30.5 Å². The second kappa shape index (κ2) is 8.62. The topological polar surface area (TPSA) is 111 Å². The molecule has 1 saturated carbocycles. The molecule has 9 nitrogen and oxygen atoms in total. The maximum absolute atomic E-state index is 13.7. The molecule has 1 fully saturated rings. The molecule has 1 aliphatic heterocycles. The lowest BCUT2D eigenvalue weighted by Crippen LogP contribution is -2.39. The van der Waals surface area contributed by atoms with E-state index in [2.05, 4.69) is 15.2 Å². The third kappa shape index (κ3) is 3.78. The first kappa shape index (κ1) is 23.0. The minimum absolute atomic E-state index is 0.0980. The van der Waals surface area contributed by atoms with E-state index in [-0.39, 0.29) is 11.8 Å². The van der Waals surface area contributed by atoms with E-state index in [1.807, 2.05) is 42.5 Å². The summed E-state index contributed by atoms with van der Waals surface area (Å²) in [4.78, 5) is 45.5. The van der Waals surface area contributed by atoms with Gasteiger partial charge in [-0.25, -0.2) is 4.79 Å². The van der Waals surface area contributed by atoms with E-state index in [0.29, 0.717) is 36.5 Å². The molecule has 2 aromatic heterocycles. The molecule has 2 aliphatic rings. The first-order valence-electron chi connectivity index (χ1n) is 12.3. The van der Waals surface area contributed by atoms with Crippen LogP contribution in [0.4, 0.5) is 0 Å². The van der Waals surface area contributed by atoms with Gasteiger partial charge in [-0.2, -0.15) is 5.10 Å². The SMILES string of the molecule is COC(=O)c1ccc(C2(N(C)C(=O)c3[nH]nc4c3CN(C(=O)c3cc5ccccc5[nH]3)CC4)CC2)cc1. The van der Waals surface area contributed by atoms with Crippen molar-refractivity contribution in [3.05, 3.63) is 88.4 Å². The minimum atomic E-state index is -0.432. The van der Waals surface area contributed by atoms with Gasteiger partial charge in [-0.15, -0.1) is 0 Å². The number of H-pyrrole nitrogens is 2. The molecule has 0 radical (unpaired) electrons. The van der Waals surface area contributed by atoms with Gasteiger partial charge >= 0.3 is 5.97 Å². The van der Waals surface area contributed by atoms with Gasteiger partial charge in [-0.05, 0) is 42.7 Å². The first-order valence-corrected chi connectivity index (χ1v) is 12.3. The predicted octanol–water partition coefficient (Wildman–Crippen LogP) is 3.64. The van der Waals surface area contributed by atoms with Gasteiger partial charge in [0.1, 0.15) is 11.4 Å². The van der Waals surface area contributed by atoms with Crippen molar-refractivity contribution in [1.82, 2.24) is 25.0 Å². The molecule has 2 amide bonds. The summed E-state index contributed by atoms with van der Waals surface area (Å²) in [6.07, 6.45) is 2.23. The molecule has 0 saturated heterocycles. The average molecular weight is 498 g/mol. The van der Waals surface area contributed by atoms with Gasteiger partial charge < -0.3 is 19.5 Å². The summed E-state index contributed by atoms with van der Waals surface area (Å²) in [6, 6.07) is 16.9. The van der Waals surface area contributed by atoms with Crippen LogP contribution in [0.15, 0.2) is 54.6 Å². The van der Waals surface area contributed by atoms with E-state index in [1.165, 1.54) is 7.11 Å². The Hall–Kier alpha value is -4.40. The number of rotatable bonds is 5. The number of amides is 2. The Morgan fingerprint density at radius 3 is 2.54 bits per heavy atom. The standard InChI is InChI=1S/C28H27N5O4/c1-32(28(12-13-28)19-9-7-17(8-10-19)27(36)37-2)26(35)24-20-16-33(14-11-22(20)30-31-24)25(34)23-15-18-5-3-4-6-21(18)29-23/h3-10,15,29H,11-14,16H2,1-2H3,(H,30,31). The van der Waals surface area contributed by atoms with Crippen molar-refractivity contribution in [2.24, 2.45) is 0 Å². The third-order valence-corrected chi connectivity index (χ3v) is 7.70. The Kier molecular flexibility index (Phi) is 5.36. The van der Waals surface area contributed by atoms with Crippen LogP contribution in [0.3, 0.4) is 0 Å². The van der Waals surface area contributed by atoms with Gasteiger partial charge in [-0.1, -0.05) is 30.3 Å². The van der Waals surface area contributed by atoms with Crippen LogP contribution >= 0.6 is 0 Å². The van der Waals surface area contributed by atoms with Gasteiger partial charge in [0.15, 0.2) is 0 Å². The molecule has 1 aliphatic carbocycles. The second-order valence-corrected chi connectivity index (χ2v) is 9.74. The number of para-hydroxylation sites is 1. The van der Waals surface area contributed by atoms with Crippen molar-refractivity contribution in [2.45, 2.75) is 31.3 Å². The normalized spacial score (nSPS) is 15.8. The van der Waals surface area contributed by atoms with Crippen molar-refractivity contribution >= 4 is 28.7 Å². The van der Waals surface area contributed by atoms with Crippen LogP contribution in [-0.2, 0) is 23.2 Å². The number of aromatic nitrogens is 3. The number of aromatic amines is 2. The molecule has 188 valence electrons. The van der Waals surface area contributed by atoms with Crippen molar-refractivity contribution < 1.29 is 19.1 Å². The Balaban J connectivity index is 1.23. The van der Waals surface area contributed by atoms with E-state index in [1.54, 1.807) is 29.0 Å². The van der Waals surface area contributed by atoms with Gasteiger partial charge in [-0.3, -0.25) is 14.7 Å². The zero-order chi connectivity index (χ0) is 25.7. The number of nitrogens with one attached hydrogen (secondary N) is 2. The van der Waals surface area contributed by atoms with Crippen LogP contribution in [0.5, 0.6) is 0 Å². The third-order valence-electron chi connectivity index (χ3n) is 7.70. The summed E-state index contributed by atoms with van der Waals surface area (Å²) < 4.78 is 4.79. The highest BCUT2D eigenvalue weighted by atomic mass is 16.5. The van der Waals surface area contributed by atoms with Crippen LogP contribution in [0, 0.1) is 0 Å². The van der Waals surface area contributed by atoms with E-state index in [9.17, 15) is 14.4 Å². The lowest BCUT2D eigenvalue weighted by Gasteiger charge is -2.30. The summed E-state index contributed by atoms with van der Waals surface area (Å²) in [5.74, 6) is -0.654. The number of ether oxygens (including phenoxy) is 1. The molecule has 9 heteroatoms. The lowest BCUT2D eigenvalue weighted by atomic mass is 10.00. The number of benzene rings is 2. The highest BCUT2D eigenvalue weighted by molar-refractivity contribution is 5.99. The smallest absolute Gasteiger partial charge is 0.337 e. The molecule has 37 heavy (non-hydrogen) atoms. The fourth-order valence-corrected chi connectivity index (χ4v) is 5.33. The fraction of sp³-hybridized carbons (Fsp3) is 0.286. The van der Waals surface area contributed by atoms with Crippen molar-refractivity contribution in [3.63, 3.8) is 0 Å². The van der Waals surface area contributed by atoms with Crippen LogP contribution in [0.25, 0.3) is 10.9 Å². The molecule has 3 heterocycles. The monoisotopic (exact) mass is 497 g/mol. The fourth-order valence-electron chi connectivity index (χ4n) is 5.33. The minimum Gasteiger partial charge on any atom is -0.465 e. The molecule has 0 spiro atoms. The first-order chi connectivity index (χ1) is 17.9.